The molecule has 0 aliphatic heterocycles. The van der Waals surface area contributed by atoms with Gasteiger partial charge in [-0.2, -0.15) is 5.26 Å². The molecule has 2 rings (SSSR count). The highest BCUT2D eigenvalue weighted by molar-refractivity contribution is 5.66. The van der Waals surface area contributed by atoms with E-state index in [2.05, 4.69) is 11.4 Å². The van der Waals surface area contributed by atoms with Gasteiger partial charge in [0.1, 0.15) is 6.07 Å². The fraction of sp³-hybridized carbons (Fsp3) is 0.133. The van der Waals surface area contributed by atoms with Crippen LogP contribution < -0.4 is 5.32 Å². The van der Waals surface area contributed by atoms with Gasteiger partial charge in [0.15, 0.2) is 0 Å². The molecule has 0 heterocycles. The lowest BCUT2D eigenvalue weighted by atomic mass is 10.1. The maximum atomic E-state index is 8.99. The number of para-hydroxylation sites is 1. The number of rotatable bonds is 4. The highest BCUT2D eigenvalue weighted by Gasteiger charge is 2.00. The minimum Gasteiger partial charge on any atom is -0.396 e. The van der Waals surface area contributed by atoms with E-state index >= 15 is 0 Å². The molecule has 2 N–H and O–H groups in total. The number of nitrogens with zero attached hydrogens (tertiary/aromatic N) is 1. The molecule has 0 atom stereocenters. The predicted molar refractivity (Wildman–Crippen MR) is 71.7 cm³/mol. The van der Waals surface area contributed by atoms with Crippen LogP contribution in [0.1, 0.15) is 11.1 Å². The molecule has 0 aliphatic carbocycles. The average molecular weight is 238 g/mol. The van der Waals surface area contributed by atoms with Gasteiger partial charge in [0, 0.05) is 12.3 Å². The molecular formula is C15H14N2O. The van der Waals surface area contributed by atoms with Gasteiger partial charge >= 0.3 is 0 Å². The summed E-state index contributed by atoms with van der Waals surface area (Å²) in [5.41, 5.74) is 3.45. The van der Waals surface area contributed by atoms with Crippen molar-refractivity contribution in [3.63, 3.8) is 0 Å². The van der Waals surface area contributed by atoms with Gasteiger partial charge in [-0.15, -0.1) is 0 Å². The summed E-state index contributed by atoms with van der Waals surface area (Å²) in [6.45, 7) is 0.157. The van der Waals surface area contributed by atoms with Gasteiger partial charge in [-0.05, 0) is 36.2 Å². The van der Waals surface area contributed by atoms with Gasteiger partial charge in [0.25, 0.3) is 0 Å². The van der Waals surface area contributed by atoms with Gasteiger partial charge in [-0.3, -0.25) is 0 Å². The maximum Gasteiger partial charge on any atom is 0.101 e. The van der Waals surface area contributed by atoms with Crippen molar-refractivity contribution in [2.75, 3.05) is 11.9 Å². The lowest BCUT2D eigenvalue weighted by Gasteiger charge is -2.08. The number of aliphatic hydroxyl groups excluding tert-OH is 1. The molecule has 0 radical (unpaired) electrons. The minimum absolute atomic E-state index is 0.157. The quantitative estimate of drug-likeness (QED) is 0.861. The van der Waals surface area contributed by atoms with Gasteiger partial charge in [-0.1, -0.05) is 24.3 Å². The van der Waals surface area contributed by atoms with E-state index < -0.39 is 0 Å². The van der Waals surface area contributed by atoms with Crippen molar-refractivity contribution in [2.45, 2.75) is 6.42 Å². The number of benzene rings is 2. The van der Waals surface area contributed by atoms with Crippen LogP contribution >= 0.6 is 0 Å². The first-order chi connectivity index (χ1) is 8.83. The van der Waals surface area contributed by atoms with E-state index in [1.165, 1.54) is 0 Å². The molecule has 0 bridgehead atoms. The van der Waals surface area contributed by atoms with Crippen LogP contribution in [-0.2, 0) is 6.42 Å². The molecule has 0 spiro atoms. The highest BCUT2D eigenvalue weighted by Crippen LogP contribution is 2.20. The Labute approximate surface area is 106 Å². The molecule has 0 aliphatic rings. The van der Waals surface area contributed by atoms with Crippen molar-refractivity contribution in [2.24, 2.45) is 0 Å². The number of aliphatic hydroxyl groups is 1. The Morgan fingerprint density at radius 1 is 1.06 bits per heavy atom. The second-order valence-corrected chi connectivity index (χ2v) is 3.95. The van der Waals surface area contributed by atoms with Crippen LogP contribution in [0.3, 0.4) is 0 Å². The summed E-state index contributed by atoms with van der Waals surface area (Å²) < 4.78 is 0. The third-order valence-corrected chi connectivity index (χ3v) is 2.68. The standard InChI is InChI=1S/C15H14N2O/c16-11-13-3-1-2-4-15(13)17-14-7-5-12(6-8-14)9-10-18/h1-8,17-18H,9-10H2. The first kappa shape index (κ1) is 12.2. The zero-order valence-electron chi connectivity index (χ0n) is 9.93. The highest BCUT2D eigenvalue weighted by atomic mass is 16.2. The molecule has 2 aromatic carbocycles. The SMILES string of the molecule is N#Cc1ccccc1Nc1ccc(CCO)cc1. The van der Waals surface area contributed by atoms with Crippen molar-refractivity contribution in [3.8, 4) is 6.07 Å². The Hall–Kier alpha value is -2.31. The van der Waals surface area contributed by atoms with Crippen LogP contribution in [0, 0.1) is 11.3 Å². The van der Waals surface area contributed by atoms with Gasteiger partial charge < -0.3 is 10.4 Å². The van der Waals surface area contributed by atoms with E-state index in [0.29, 0.717) is 12.0 Å². The minimum atomic E-state index is 0.157. The lowest BCUT2D eigenvalue weighted by Crippen LogP contribution is -1.94. The molecule has 0 fully saturated rings. The number of hydrogen-bond donors (Lipinski definition) is 2. The monoisotopic (exact) mass is 238 g/mol. The summed E-state index contributed by atoms with van der Waals surface area (Å²) in [5.74, 6) is 0. The van der Waals surface area contributed by atoms with Gasteiger partial charge in [0.2, 0.25) is 0 Å². The van der Waals surface area contributed by atoms with Crippen LogP contribution in [0.4, 0.5) is 11.4 Å². The number of nitrogens with one attached hydrogen (secondary N) is 1. The average Bonchev–Trinajstić information content (AvgIpc) is 2.42. The normalized spacial score (nSPS) is 9.78. The van der Waals surface area contributed by atoms with Gasteiger partial charge in [-0.25, -0.2) is 0 Å². The summed E-state index contributed by atoms with van der Waals surface area (Å²) in [5, 5.41) is 21.0. The van der Waals surface area contributed by atoms with Crippen molar-refractivity contribution >= 4 is 11.4 Å². The largest absolute Gasteiger partial charge is 0.396 e. The summed E-state index contributed by atoms with van der Waals surface area (Å²) >= 11 is 0. The van der Waals surface area contributed by atoms with Crippen molar-refractivity contribution in [1.82, 2.24) is 0 Å². The Balaban J connectivity index is 2.16. The number of anilines is 2. The van der Waals surface area contributed by atoms with Crippen molar-refractivity contribution < 1.29 is 5.11 Å². The first-order valence-corrected chi connectivity index (χ1v) is 5.79. The van der Waals surface area contributed by atoms with E-state index in [-0.39, 0.29) is 6.61 Å². The third-order valence-electron chi connectivity index (χ3n) is 2.68. The molecular weight excluding hydrogens is 224 g/mol. The summed E-state index contributed by atoms with van der Waals surface area (Å²) in [7, 11) is 0. The molecule has 0 amide bonds. The Bertz CT molecular complexity index is 555. The smallest absolute Gasteiger partial charge is 0.101 e. The van der Waals surface area contributed by atoms with E-state index in [9.17, 15) is 0 Å². The Kier molecular flexibility index (Phi) is 3.95. The fourth-order valence-corrected chi connectivity index (χ4v) is 1.73. The summed E-state index contributed by atoms with van der Waals surface area (Å²) in [6, 6.07) is 17.4. The molecule has 3 nitrogen and oxygen atoms in total. The molecule has 0 saturated heterocycles. The van der Waals surface area contributed by atoms with Gasteiger partial charge in [0.05, 0.1) is 11.3 Å². The molecule has 0 aromatic heterocycles. The number of nitriles is 1. The number of hydrogen-bond acceptors (Lipinski definition) is 3. The Morgan fingerprint density at radius 2 is 1.78 bits per heavy atom. The summed E-state index contributed by atoms with van der Waals surface area (Å²) in [6.07, 6.45) is 0.662. The Morgan fingerprint density at radius 3 is 2.44 bits per heavy atom. The molecule has 3 heteroatoms. The van der Waals surface area contributed by atoms with Crippen LogP contribution in [0.15, 0.2) is 48.5 Å². The molecule has 2 aromatic rings. The maximum absolute atomic E-state index is 8.99. The fourth-order valence-electron chi connectivity index (χ4n) is 1.73. The molecule has 0 saturated carbocycles. The van der Waals surface area contributed by atoms with E-state index in [0.717, 1.165) is 16.9 Å². The van der Waals surface area contributed by atoms with E-state index in [1.807, 2.05) is 42.5 Å². The van der Waals surface area contributed by atoms with E-state index in [4.69, 9.17) is 10.4 Å². The predicted octanol–water partition coefficient (Wildman–Crippen LogP) is 2.84. The van der Waals surface area contributed by atoms with Crippen molar-refractivity contribution in [3.05, 3.63) is 59.7 Å². The third kappa shape index (κ3) is 2.88. The second kappa shape index (κ2) is 5.85. The van der Waals surface area contributed by atoms with Crippen LogP contribution in [0.25, 0.3) is 0 Å². The zero-order chi connectivity index (χ0) is 12.8. The zero-order valence-corrected chi connectivity index (χ0v) is 9.93. The van der Waals surface area contributed by atoms with Crippen LogP contribution in [0.5, 0.6) is 0 Å². The van der Waals surface area contributed by atoms with Crippen molar-refractivity contribution in [1.29, 1.82) is 5.26 Å². The molecule has 90 valence electrons. The first-order valence-electron chi connectivity index (χ1n) is 5.79. The topological polar surface area (TPSA) is 56.0 Å². The van der Waals surface area contributed by atoms with Crippen LogP contribution in [-0.4, -0.2) is 11.7 Å². The molecule has 0 unspecified atom stereocenters. The second-order valence-electron chi connectivity index (χ2n) is 3.95. The lowest BCUT2D eigenvalue weighted by molar-refractivity contribution is 0.299. The molecule has 18 heavy (non-hydrogen) atoms. The summed E-state index contributed by atoms with van der Waals surface area (Å²) in [4.78, 5) is 0. The van der Waals surface area contributed by atoms with E-state index in [1.54, 1.807) is 6.07 Å². The van der Waals surface area contributed by atoms with Crippen LogP contribution in [0.2, 0.25) is 0 Å².